The van der Waals surface area contributed by atoms with Gasteiger partial charge in [0.15, 0.2) is 5.65 Å². The second kappa shape index (κ2) is 9.81. The fourth-order valence-corrected chi connectivity index (χ4v) is 5.02. The van der Waals surface area contributed by atoms with Crippen molar-refractivity contribution in [3.05, 3.63) is 82.4 Å². The third-order valence-corrected chi connectivity index (χ3v) is 6.70. The van der Waals surface area contributed by atoms with E-state index in [-0.39, 0.29) is 11.5 Å². The predicted molar refractivity (Wildman–Crippen MR) is 134 cm³/mol. The van der Waals surface area contributed by atoms with E-state index in [0.717, 1.165) is 43.1 Å². The molecule has 0 bridgehead atoms. The smallest absolute Gasteiger partial charge is 0.276 e. The normalized spacial score (nSPS) is 16.8. The topological polar surface area (TPSA) is 71.6 Å². The molecule has 1 aromatic carbocycles. The first kappa shape index (κ1) is 22.3. The van der Waals surface area contributed by atoms with Crippen LogP contribution in [0.2, 0.25) is 0 Å². The van der Waals surface area contributed by atoms with Gasteiger partial charge < -0.3 is 14.6 Å². The molecule has 7 nitrogen and oxygen atoms in total. The molecule has 1 aliphatic rings. The second-order valence-corrected chi connectivity index (χ2v) is 9.36. The third kappa shape index (κ3) is 4.61. The summed E-state index contributed by atoms with van der Waals surface area (Å²) in [5, 5.41) is 3.05. The maximum absolute atomic E-state index is 13.2. The fourth-order valence-electron chi connectivity index (χ4n) is 5.02. The van der Waals surface area contributed by atoms with Gasteiger partial charge in [-0.25, -0.2) is 4.98 Å². The van der Waals surface area contributed by atoms with Gasteiger partial charge in [0, 0.05) is 31.0 Å². The number of benzene rings is 1. The first-order valence-corrected chi connectivity index (χ1v) is 12.1. The van der Waals surface area contributed by atoms with Gasteiger partial charge in [-0.2, -0.15) is 0 Å². The number of nitrogens with zero attached hydrogens (tertiary/aromatic N) is 4. The number of piperidine rings is 1. The summed E-state index contributed by atoms with van der Waals surface area (Å²) < 4.78 is 3.55. The highest BCUT2D eigenvalue weighted by Crippen LogP contribution is 2.16. The number of hydrogen-bond acceptors (Lipinski definition) is 4. The maximum Gasteiger partial charge on any atom is 0.276 e. The standard InChI is InChI=1S/C27H31N5O2/c1-20-7-4-14-30(18-20)15-6-13-29-26(33)22-9-2-8-21(17-22)19-32-25-23(10-3-12-28-25)31-16-5-11-24(31)27(32)34/h2-3,5,8-12,16-17,20H,4,6-7,13-15,18-19H2,1H3,(H,29,33). The molecule has 1 atom stereocenters. The number of likely N-dealkylation sites (tertiary alicyclic amines) is 1. The summed E-state index contributed by atoms with van der Waals surface area (Å²) >= 11 is 0. The van der Waals surface area contributed by atoms with Gasteiger partial charge in [-0.1, -0.05) is 19.1 Å². The quantitative estimate of drug-likeness (QED) is 0.431. The third-order valence-electron chi connectivity index (χ3n) is 6.70. The molecule has 34 heavy (non-hydrogen) atoms. The van der Waals surface area contributed by atoms with Crippen LogP contribution in [-0.2, 0) is 6.54 Å². The van der Waals surface area contributed by atoms with Crippen molar-refractivity contribution in [1.82, 2.24) is 24.2 Å². The number of carbonyl (C=O) groups is 1. The Morgan fingerprint density at radius 2 is 2.03 bits per heavy atom. The lowest BCUT2D eigenvalue weighted by Crippen LogP contribution is -2.36. The molecule has 1 aliphatic heterocycles. The number of carbonyl (C=O) groups excluding carboxylic acids is 1. The molecule has 0 spiro atoms. The van der Waals surface area contributed by atoms with Crippen molar-refractivity contribution in [2.24, 2.45) is 5.92 Å². The number of fused-ring (bicyclic) bond motifs is 3. The molecule has 1 saturated heterocycles. The average Bonchev–Trinajstić information content (AvgIpc) is 3.35. The van der Waals surface area contributed by atoms with E-state index in [9.17, 15) is 9.59 Å². The highest BCUT2D eigenvalue weighted by molar-refractivity contribution is 5.94. The van der Waals surface area contributed by atoms with Crippen molar-refractivity contribution in [2.45, 2.75) is 32.7 Å². The SMILES string of the molecule is CC1CCCN(CCCNC(=O)c2cccc(Cn3c(=O)c4cccn4c4cccnc43)c2)C1. The van der Waals surface area contributed by atoms with Crippen LogP contribution in [0.1, 0.15) is 42.1 Å². The van der Waals surface area contributed by atoms with Crippen molar-refractivity contribution in [1.29, 1.82) is 0 Å². The molecule has 5 rings (SSSR count). The van der Waals surface area contributed by atoms with Crippen molar-refractivity contribution >= 4 is 22.6 Å². The van der Waals surface area contributed by atoms with E-state index < -0.39 is 0 Å². The molecular formula is C27H31N5O2. The lowest BCUT2D eigenvalue weighted by molar-refractivity contribution is 0.0950. The molecule has 1 N–H and O–H groups in total. The Bertz CT molecular complexity index is 1370. The number of rotatable bonds is 7. The van der Waals surface area contributed by atoms with Gasteiger partial charge >= 0.3 is 0 Å². The number of nitrogens with one attached hydrogen (secondary N) is 1. The lowest BCUT2D eigenvalue weighted by Gasteiger charge is -2.30. The fraction of sp³-hybridized carbons (Fsp3) is 0.370. The van der Waals surface area contributed by atoms with Gasteiger partial charge in [0.2, 0.25) is 0 Å². The molecule has 176 valence electrons. The molecule has 0 aliphatic carbocycles. The van der Waals surface area contributed by atoms with Crippen molar-refractivity contribution in [2.75, 3.05) is 26.2 Å². The van der Waals surface area contributed by atoms with E-state index in [0.29, 0.717) is 29.8 Å². The molecule has 4 aromatic rings. The monoisotopic (exact) mass is 457 g/mol. The number of amides is 1. The molecule has 1 fully saturated rings. The van der Waals surface area contributed by atoms with Crippen LogP contribution in [0.4, 0.5) is 0 Å². The predicted octanol–water partition coefficient (Wildman–Crippen LogP) is 3.55. The zero-order valence-corrected chi connectivity index (χ0v) is 19.6. The van der Waals surface area contributed by atoms with Gasteiger partial charge in [0.25, 0.3) is 11.5 Å². The van der Waals surface area contributed by atoms with Crippen LogP contribution in [0.25, 0.3) is 16.7 Å². The maximum atomic E-state index is 13.2. The number of pyridine rings is 1. The van der Waals surface area contributed by atoms with Crippen LogP contribution in [0.5, 0.6) is 0 Å². The van der Waals surface area contributed by atoms with Crippen LogP contribution in [0, 0.1) is 5.92 Å². The summed E-state index contributed by atoms with van der Waals surface area (Å²) in [4.78, 5) is 32.9. The molecule has 3 aromatic heterocycles. The summed E-state index contributed by atoms with van der Waals surface area (Å²) in [6, 6.07) is 15.0. The van der Waals surface area contributed by atoms with E-state index >= 15 is 0 Å². The molecular weight excluding hydrogens is 426 g/mol. The summed E-state index contributed by atoms with van der Waals surface area (Å²) in [6.45, 7) is 6.67. The summed E-state index contributed by atoms with van der Waals surface area (Å²) in [7, 11) is 0. The lowest BCUT2D eigenvalue weighted by atomic mass is 10.0. The van der Waals surface area contributed by atoms with Crippen LogP contribution >= 0.6 is 0 Å². The van der Waals surface area contributed by atoms with E-state index in [1.807, 2.05) is 59.1 Å². The Hall–Kier alpha value is -3.45. The van der Waals surface area contributed by atoms with Crippen LogP contribution in [0.3, 0.4) is 0 Å². The van der Waals surface area contributed by atoms with Gasteiger partial charge in [0.1, 0.15) is 5.52 Å². The average molecular weight is 458 g/mol. The van der Waals surface area contributed by atoms with Crippen molar-refractivity contribution in [3.8, 4) is 0 Å². The van der Waals surface area contributed by atoms with E-state index in [4.69, 9.17) is 0 Å². The van der Waals surface area contributed by atoms with Crippen LogP contribution in [-0.4, -0.2) is 50.9 Å². The minimum absolute atomic E-state index is 0.0776. The van der Waals surface area contributed by atoms with Crippen LogP contribution in [0.15, 0.2) is 65.7 Å². The number of hydrogen-bond donors (Lipinski definition) is 1. The zero-order chi connectivity index (χ0) is 23.5. The molecule has 1 amide bonds. The van der Waals surface area contributed by atoms with Gasteiger partial charge in [0.05, 0.1) is 12.1 Å². The first-order valence-electron chi connectivity index (χ1n) is 12.1. The minimum atomic E-state index is -0.0990. The Kier molecular flexibility index (Phi) is 6.45. The van der Waals surface area contributed by atoms with Gasteiger partial charge in [-0.15, -0.1) is 0 Å². The number of aromatic nitrogens is 3. The first-order chi connectivity index (χ1) is 16.6. The van der Waals surface area contributed by atoms with Gasteiger partial charge in [-0.3, -0.25) is 14.2 Å². The Morgan fingerprint density at radius 1 is 1.15 bits per heavy atom. The highest BCUT2D eigenvalue weighted by Gasteiger charge is 2.16. The summed E-state index contributed by atoms with van der Waals surface area (Å²) in [5.74, 6) is 0.690. The van der Waals surface area contributed by atoms with Crippen LogP contribution < -0.4 is 10.9 Å². The Balaban J connectivity index is 1.28. The Morgan fingerprint density at radius 3 is 2.91 bits per heavy atom. The van der Waals surface area contributed by atoms with Crippen molar-refractivity contribution in [3.63, 3.8) is 0 Å². The Labute approximate surface area is 199 Å². The molecule has 7 heteroatoms. The molecule has 0 saturated carbocycles. The van der Waals surface area contributed by atoms with E-state index in [2.05, 4.69) is 22.1 Å². The second-order valence-electron chi connectivity index (χ2n) is 9.36. The molecule has 0 radical (unpaired) electrons. The minimum Gasteiger partial charge on any atom is -0.352 e. The summed E-state index contributed by atoms with van der Waals surface area (Å²) in [5.41, 5.74) is 3.51. The highest BCUT2D eigenvalue weighted by atomic mass is 16.1. The van der Waals surface area contributed by atoms with Crippen molar-refractivity contribution < 1.29 is 4.79 Å². The largest absolute Gasteiger partial charge is 0.352 e. The van der Waals surface area contributed by atoms with Gasteiger partial charge in [-0.05, 0) is 80.2 Å². The van der Waals surface area contributed by atoms with E-state index in [1.165, 1.54) is 12.8 Å². The molecule has 1 unspecified atom stereocenters. The van der Waals surface area contributed by atoms with E-state index in [1.54, 1.807) is 10.8 Å². The zero-order valence-electron chi connectivity index (χ0n) is 19.6. The summed E-state index contributed by atoms with van der Waals surface area (Å²) in [6.07, 6.45) is 7.11. The molecule has 4 heterocycles.